The lowest BCUT2D eigenvalue weighted by Crippen LogP contribution is -2.14. The molecule has 1 amide bonds. The molecule has 0 radical (unpaired) electrons. The molecule has 0 spiro atoms. The van der Waals surface area contributed by atoms with Gasteiger partial charge in [0, 0.05) is 17.3 Å². The summed E-state index contributed by atoms with van der Waals surface area (Å²) in [6.45, 7) is 8.33. The Kier molecular flexibility index (Phi) is 5.04. The van der Waals surface area contributed by atoms with E-state index in [9.17, 15) is 4.79 Å². The van der Waals surface area contributed by atoms with Crippen LogP contribution >= 0.6 is 0 Å². The van der Waals surface area contributed by atoms with E-state index >= 15 is 0 Å². The van der Waals surface area contributed by atoms with Gasteiger partial charge in [0.1, 0.15) is 0 Å². The predicted octanol–water partition coefficient (Wildman–Crippen LogP) is 6.29. The summed E-state index contributed by atoms with van der Waals surface area (Å²) in [5.74, 6) is 0.761. The van der Waals surface area contributed by atoms with Crippen molar-refractivity contribution in [2.45, 2.75) is 52.4 Å². The van der Waals surface area contributed by atoms with Crippen LogP contribution in [0, 0.1) is 13.8 Å². The molecule has 2 aromatic carbocycles. The van der Waals surface area contributed by atoms with Gasteiger partial charge in [0.05, 0.1) is 22.3 Å². The number of rotatable bonds is 5. The van der Waals surface area contributed by atoms with E-state index in [-0.39, 0.29) is 5.91 Å². The van der Waals surface area contributed by atoms with Crippen molar-refractivity contribution in [2.24, 2.45) is 0 Å². The molecule has 0 atom stereocenters. The predicted molar refractivity (Wildman–Crippen MR) is 129 cm³/mol. The van der Waals surface area contributed by atoms with Gasteiger partial charge in [-0.2, -0.15) is 5.10 Å². The summed E-state index contributed by atoms with van der Waals surface area (Å²) in [4.78, 5) is 18.4. The van der Waals surface area contributed by atoms with Gasteiger partial charge in [-0.3, -0.25) is 4.79 Å². The zero-order chi connectivity index (χ0) is 22.4. The molecule has 2 aromatic heterocycles. The van der Waals surface area contributed by atoms with Crippen LogP contribution in [-0.4, -0.2) is 20.7 Å². The Morgan fingerprint density at radius 3 is 2.34 bits per heavy atom. The summed E-state index contributed by atoms with van der Waals surface area (Å²) < 4.78 is 1.87. The van der Waals surface area contributed by atoms with Crippen LogP contribution < -0.4 is 5.32 Å². The minimum Gasteiger partial charge on any atom is -0.322 e. The lowest BCUT2D eigenvalue weighted by Gasteiger charge is -2.11. The molecule has 1 aliphatic rings. The lowest BCUT2D eigenvalue weighted by atomic mass is 10.0. The summed E-state index contributed by atoms with van der Waals surface area (Å²) in [6.07, 6.45) is 2.24. The second-order valence-corrected chi connectivity index (χ2v) is 9.13. The normalized spacial score (nSPS) is 13.7. The molecule has 0 aliphatic heterocycles. The Hall–Kier alpha value is -3.47. The van der Waals surface area contributed by atoms with Crippen LogP contribution in [0.2, 0.25) is 0 Å². The molecule has 1 fully saturated rings. The van der Waals surface area contributed by atoms with E-state index in [2.05, 4.69) is 50.4 Å². The number of hydrogen-bond donors (Lipinski definition) is 1. The highest BCUT2D eigenvalue weighted by Gasteiger charge is 2.29. The number of pyridine rings is 1. The molecule has 162 valence electrons. The van der Waals surface area contributed by atoms with Gasteiger partial charge >= 0.3 is 0 Å². The Morgan fingerprint density at radius 1 is 1.03 bits per heavy atom. The molecule has 5 heteroatoms. The molecule has 5 rings (SSSR count). The van der Waals surface area contributed by atoms with Gasteiger partial charge in [-0.05, 0) is 68.5 Å². The third-order valence-electron chi connectivity index (χ3n) is 6.19. The fourth-order valence-corrected chi connectivity index (χ4v) is 4.09. The highest BCUT2D eigenvalue weighted by atomic mass is 16.1. The number of anilines is 1. The molecular weight excluding hydrogens is 396 g/mol. The summed E-state index contributed by atoms with van der Waals surface area (Å²) in [5, 5.41) is 8.66. The van der Waals surface area contributed by atoms with E-state index in [0.29, 0.717) is 17.4 Å². The Morgan fingerprint density at radius 2 is 1.72 bits per heavy atom. The first-order valence-corrected chi connectivity index (χ1v) is 11.3. The number of nitrogens with zero attached hydrogens (tertiary/aromatic N) is 3. The van der Waals surface area contributed by atoms with Crippen molar-refractivity contribution in [1.82, 2.24) is 14.8 Å². The van der Waals surface area contributed by atoms with Crippen LogP contribution in [0.25, 0.3) is 16.7 Å². The number of fused-ring (bicyclic) bond motifs is 1. The standard InChI is InChI=1S/C27H28N4O/c1-16(2)19-9-11-21(12-10-19)28-27(32)23-15-24(20-7-8-20)29-26-25(23)18(4)30-31(26)22-13-5-17(3)6-14-22/h5-6,9-16,20H,7-8H2,1-4H3,(H,28,32). The van der Waals surface area contributed by atoms with Gasteiger partial charge in [-0.25, -0.2) is 9.67 Å². The van der Waals surface area contributed by atoms with Gasteiger partial charge in [-0.15, -0.1) is 0 Å². The largest absolute Gasteiger partial charge is 0.322 e. The van der Waals surface area contributed by atoms with E-state index in [0.717, 1.165) is 46.6 Å². The molecule has 5 nitrogen and oxygen atoms in total. The minimum absolute atomic E-state index is 0.122. The van der Waals surface area contributed by atoms with Gasteiger partial charge in [0.2, 0.25) is 0 Å². The van der Waals surface area contributed by atoms with E-state index in [4.69, 9.17) is 10.1 Å². The van der Waals surface area contributed by atoms with E-state index in [1.807, 2.05) is 41.9 Å². The number of amides is 1. The fraction of sp³-hybridized carbons (Fsp3) is 0.296. The topological polar surface area (TPSA) is 59.8 Å². The third-order valence-corrected chi connectivity index (χ3v) is 6.19. The van der Waals surface area contributed by atoms with Crippen LogP contribution in [0.3, 0.4) is 0 Å². The second kappa shape index (κ2) is 7.90. The molecule has 2 heterocycles. The highest BCUT2D eigenvalue weighted by molar-refractivity contribution is 6.12. The summed E-state index contributed by atoms with van der Waals surface area (Å²) in [6, 6.07) is 18.3. The zero-order valence-corrected chi connectivity index (χ0v) is 19.0. The Labute approximate surface area is 188 Å². The SMILES string of the molecule is Cc1ccc(-n2nc(C)c3c(C(=O)Nc4ccc(C(C)C)cc4)cc(C4CC4)nc32)cc1. The average molecular weight is 425 g/mol. The quantitative estimate of drug-likeness (QED) is 0.409. The summed E-state index contributed by atoms with van der Waals surface area (Å²) >= 11 is 0. The van der Waals surface area contributed by atoms with Gasteiger partial charge in [0.15, 0.2) is 5.65 Å². The molecule has 32 heavy (non-hydrogen) atoms. The van der Waals surface area contributed by atoms with Crippen molar-refractivity contribution in [2.75, 3.05) is 5.32 Å². The molecule has 1 saturated carbocycles. The number of aromatic nitrogens is 3. The highest BCUT2D eigenvalue weighted by Crippen LogP contribution is 2.41. The number of carbonyl (C=O) groups excluding carboxylic acids is 1. The van der Waals surface area contributed by atoms with Crippen molar-refractivity contribution in [1.29, 1.82) is 0 Å². The van der Waals surface area contributed by atoms with Gasteiger partial charge in [0.25, 0.3) is 5.91 Å². The van der Waals surface area contributed by atoms with Crippen molar-refractivity contribution >= 4 is 22.6 Å². The first-order chi connectivity index (χ1) is 15.4. The molecule has 4 aromatic rings. The number of nitrogens with one attached hydrogen (secondary N) is 1. The average Bonchev–Trinajstić information content (AvgIpc) is 3.58. The van der Waals surface area contributed by atoms with Crippen molar-refractivity contribution < 1.29 is 4.79 Å². The zero-order valence-electron chi connectivity index (χ0n) is 19.0. The van der Waals surface area contributed by atoms with E-state index in [1.165, 1.54) is 11.1 Å². The van der Waals surface area contributed by atoms with E-state index in [1.54, 1.807) is 0 Å². The monoisotopic (exact) mass is 424 g/mol. The van der Waals surface area contributed by atoms with Crippen LogP contribution in [0.4, 0.5) is 5.69 Å². The summed E-state index contributed by atoms with van der Waals surface area (Å²) in [7, 11) is 0. The van der Waals surface area contributed by atoms with Crippen LogP contribution in [0.1, 0.15) is 71.4 Å². The van der Waals surface area contributed by atoms with Crippen molar-refractivity contribution in [3.8, 4) is 5.69 Å². The second-order valence-electron chi connectivity index (χ2n) is 9.13. The maximum absolute atomic E-state index is 13.4. The third kappa shape index (κ3) is 3.79. The Balaban J connectivity index is 1.58. The number of carbonyl (C=O) groups is 1. The number of benzene rings is 2. The smallest absolute Gasteiger partial charge is 0.256 e. The summed E-state index contributed by atoms with van der Waals surface area (Å²) in [5.41, 5.74) is 7.35. The molecule has 0 saturated heterocycles. The van der Waals surface area contributed by atoms with Crippen molar-refractivity contribution in [3.05, 3.63) is 82.7 Å². The molecule has 0 unspecified atom stereocenters. The molecule has 0 bridgehead atoms. The molecular formula is C27H28N4O. The Bertz CT molecular complexity index is 1300. The van der Waals surface area contributed by atoms with Gasteiger partial charge in [-0.1, -0.05) is 43.7 Å². The molecule has 1 aliphatic carbocycles. The number of aryl methyl sites for hydroxylation is 2. The first-order valence-electron chi connectivity index (χ1n) is 11.3. The number of hydrogen-bond acceptors (Lipinski definition) is 3. The van der Waals surface area contributed by atoms with Crippen LogP contribution in [-0.2, 0) is 0 Å². The van der Waals surface area contributed by atoms with Crippen molar-refractivity contribution in [3.63, 3.8) is 0 Å². The first kappa shape index (κ1) is 20.4. The minimum atomic E-state index is -0.122. The van der Waals surface area contributed by atoms with Crippen LogP contribution in [0.5, 0.6) is 0 Å². The molecule has 1 N–H and O–H groups in total. The van der Waals surface area contributed by atoms with Crippen LogP contribution in [0.15, 0.2) is 54.6 Å². The fourth-order valence-electron chi connectivity index (χ4n) is 4.09. The van der Waals surface area contributed by atoms with Gasteiger partial charge < -0.3 is 5.32 Å². The maximum atomic E-state index is 13.4. The lowest BCUT2D eigenvalue weighted by molar-refractivity contribution is 0.102. The van der Waals surface area contributed by atoms with E-state index < -0.39 is 0 Å². The maximum Gasteiger partial charge on any atom is 0.256 e.